The number of carbonyl (C=O) groups excluding carboxylic acids is 1. The minimum atomic E-state index is 0.0619. The molecule has 0 radical (unpaired) electrons. The van der Waals surface area contributed by atoms with Gasteiger partial charge in [0.2, 0.25) is 0 Å². The van der Waals surface area contributed by atoms with Crippen molar-refractivity contribution in [2.45, 2.75) is 46.1 Å². The molecule has 0 fully saturated rings. The minimum absolute atomic E-state index is 0.0619. The molecule has 0 saturated heterocycles. The van der Waals surface area contributed by atoms with Crippen molar-refractivity contribution in [2.24, 2.45) is 5.92 Å². The van der Waals surface area contributed by atoms with Crippen molar-refractivity contribution in [3.8, 4) is 0 Å². The quantitative estimate of drug-likeness (QED) is 0.573. The fourth-order valence-electron chi connectivity index (χ4n) is 1.64. The van der Waals surface area contributed by atoms with Gasteiger partial charge in [-0.25, -0.2) is 0 Å². The molecule has 0 aliphatic heterocycles. The first kappa shape index (κ1) is 14.6. The summed E-state index contributed by atoms with van der Waals surface area (Å²) in [4.78, 5) is 11.8. The molecule has 0 aromatic rings. The summed E-state index contributed by atoms with van der Waals surface area (Å²) in [7, 11) is 1.96. The van der Waals surface area contributed by atoms with E-state index in [1.165, 1.54) is 0 Å². The monoisotopic (exact) mass is 214 g/mol. The highest BCUT2D eigenvalue weighted by Gasteiger charge is 2.19. The Bertz CT molecular complexity index is 169. The van der Waals surface area contributed by atoms with Crippen LogP contribution in [0.5, 0.6) is 0 Å². The summed E-state index contributed by atoms with van der Waals surface area (Å²) in [6.45, 7) is 7.90. The van der Waals surface area contributed by atoms with Crippen molar-refractivity contribution in [3.05, 3.63) is 0 Å². The number of rotatable bonds is 9. The van der Waals surface area contributed by atoms with Crippen LogP contribution in [-0.2, 0) is 4.79 Å². The van der Waals surface area contributed by atoms with E-state index in [0.29, 0.717) is 5.78 Å². The van der Waals surface area contributed by atoms with Crippen molar-refractivity contribution in [2.75, 3.05) is 20.1 Å². The second kappa shape index (κ2) is 8.86. The lowest BCUT2D eigenvalue weighted by Gasteiger charge is -2.18. The Hall–Kier alpha value is -0.410. The molecular formula is C12H26N2O. The molecule has 15 heavy (non-hydrogen) atoms. The first-order chi connectivity index (χ1) is 7.13. The Morgan fingerprint density at radius 3 is 2.40 bits per heavy atom. The maximum absolute atomic E-state index is 11.8. The first-order valence-electron chi connectivity index (χ1n) is 6.05. The molecule has 3 heteroatoms. The van der Waals surface area contributed by atoms with E-state index in [1.54, 1.807) is 0 Å². The summed E-state index contributed by atoms with van der Waals surface area (Å²) >= 11 is 0. The molecule has 1 atom stereocenters. The highest BCUT2D eigenvalue weighted by atomic mass is 16.1. The van der Waals surface area contributed by atoms with E-state index >= 15 is 0 Å². The topological polar surface area (TPSA) is 41.1 Å². The van der Waals surface area contributed by atoms with E-state index < -0.39 is 0 Å². The number of likely N-dealkylation sites (N-methyl/N-ethyl adjacent to an activating group) is 1. The zero-order chi connectivity index (χ0) is 11.7. The van der Waals surface area contributed by atoms with Gasteiger partial charge in [0.05, 0.1) is 6.04 Å². The van der Waals surface area contributed by atoms with E-state index in [2.05, 4.69) is 10.6 Å². The fraction of sp³-hybridized carbons (Fsp3) is 0.917. The Kier molecular flexibility index (Phi) is 8.62. The predicted molar refractivity (Wildman–Crippen MR) is 65.1 cm³/mol. The average molecular weight is 214 g/mol. The summed E-state index contributed by atoms with van der Waals surface area (Å²) in [5, 5.41) is 6.39. The molecule has 0 amide bonds. The van der Waals surface area contributed by atoms with E-state index in [0.717, 1.165) is 32.4 Å². The van der Waals surface area contributed by atoms with Crippen molar-refractivity contribution in [1.82, 2.24) is 10.6 Å². The molecule has 0 aromatic carbocycles. The van der Waals surface area contributed by atoms with E-state index in [4.69, 9.17) is 0 Å². The molecule has 0 saturated carbocycles. The number of unbranched alkanes of at least 4 members (excludes halogenated alkanes) is 1. The van der Waals surface area contributed by atoms with Crippen LogP contribution in [0.2, 0.25) is 0 Å². The summed E-state index contributed by atoms with van der Waals surface area (Å²) in [6, 6.07) is 0.0619. The molecule has 0 aromatic heterocycles. The van der Waals surface area contributed by atoms with Gasteiger partial charge in [0.25, 0.3) is 0 Å². The zero-order valence-electron chi connectivity index (χ0n) is 10.6. The number of hydrogen-bond acceptors (Lipinski definition) is 3. The zero-order valence-corrected chi connectivity index (χ0v) is 10.6. The van der Waals surface area contributed by atoms with Crippen LogP contribution in [0, 0.1) is 5.92 Å². The van der Waals surface area contributed by atoms with E-state index in [1.807, 2.05) is 27.8 Å². The third-order valence-corrected chi connectivity index (χ3v) is 2.53. The van der Waals surface area contributed by atoms with Gasteiger partial charge in [-0.2, -0.15) is 0 Å². The molecular weight excluding hydrogens is 188 g/mol. The standard InChI is InChI=1S/C12H26N2O/c1-5-14-11(12(15)10(2)3)8-6-7-9-13-4/h10-11,13-14H,5-9H2,1-4H3. The number of carbonyl (C=O) groups is 1. The number of ketones is 1. The van der Waals surface area contributed by atoms with Crippen molar-refractivity contribution >= 4 is 5.78 Å². The van der Waals surface area contributed by atoms with Crippen LogP contribution in [0.1, 0.15) is 40.0 Å². The van der Waals surface area contributed by atoms with E-state index in [9.17, 15) is 4.79 Å². The predicted octanol–water partition coefficient (Wildman–Crippen LogP) is 1.58. The van der Waals surface area contributed by atoms with Crippen LogP contribution in [0.15, 0.2) is 0 Å². The number of nitrogens with one attached hydrogen (secondary N) is 2. The lowest BCUT2D eigenvalue weighted by atomic mass is 9.97. The molecule has 90 valence electrons. The molecule has 2 N–H and O–H groups in total. The van der Waals surface area contributed by atoms with Crippen molar-refractivity contribution in [3.63, 3.8) is 0 Å². The molecule has 1 unspecified atom stereocenters. The van der Waals surface area contributed by atoms with Crippen LogP contribution >= 0.6 is 0 Å². The summed E-state index contributed by atoms with van der Waals surface area (Å²) in [5.41, 5.74) is 0. The van der Waals surface area contributed by atoms with Gasteiger partial charge in [0, 0.05) is 5.92 Å². The molecule has 0 aliphatic rings. The highest BCUT2D eigenvalue weighted by Crippen LogP contribution is 2.07. The Morgan fingerprint density at radius 2 is 1.93 bits per heavy atom. The number of hydrogen-bond donors (Lipinski definition) is 2. The second-order valence-corrected chi connectivity index (χ2v) is 4.27. The third kappa shape index (κ3) is 6.63. The normalized spacial score (nSPS) is 13.1. The Balaban J connectivity index is 3.87. The van der Waals surface area contributed by atoms with E-state index in [-0.39, 0.29) is 12.0 Å². The van der Waals surface area contributed by atoms with Crippen LogP contribution in [0.25, 0.3) is 0 Å². The summed E-state index contributed by atoms with van der Waals surface area (Å²) in [5.74, 6) is 0.486. The van der Waals surface area contributed by atoms with Gasteiger partial charge in [-0.1, -0.05) is 27.2 Å². The molecule has 0 spiro atoms. The maximum Gasteiger partial charge on any atom is 0.152 e. The van der Waals surface area contributed by atoms with Gasteiger partial charge in [0.1, 0.15) is 0 Å². The maximum atomic E-state index is 11.8. The van der Waals surface area contributed by atoms with Gasteiger partial charge >= 0.3 is 0 Å². The first-order valence-corrected chi connectivity index (χ1v) is 6.05. The molecule has 3 nitrogen and oxygen atoms in total. The van der Waals surface area contributed by atoms with Gasteiger partial charge in [-0.3, -0.25) is 4.79 Å². The van der Waals surface area contributed by atoms with Crippen LogP contribution in [0.4, 0.5) is 0 Å². The van der Waals surface area contributed by atoms with Crippen molar-refractivity contribution < 1.29 is 4.79 Å². The second-order valence-electron chi connectivity index (χ2n) is 4.27. The van der Waals surface area contributed by atoms with Gasteiger partial charge in [-0.05, 0) is 33.0 Å². The smallest absolute Gasteiger partial charge is 0.152 e. The SMILES string of the molecule is CCNC(CCCCNC)C(=O)C(C)C. The van der Waals surface area contributed by atoms with Gasteiger partial charge in [-0.15, -0.1) is 0 Å². The Morgan fingerprint density at radius 1 is 1.27 bits per heavy atom. The summed E-state index contributed by atoms with van der Waals surface area (Å²) < 4.78 is 0. The van der Waals surface area contributed by atoms with Crippen molar-refractivity contribution in [1.29, 1.82) is 0 Å². The third-order valence-electron chi connectivity index (χ3n) is 2.53. The van der Waals surface area contributed by atoms with Gasteiger partial charge in [0.15, 0.2) is 5.78 Å². The summed E-state index contributed by atoms with van der Waals surface area (Å²) in [6.07, 6.45) is 3.22. The molecule has 0 heterocycles. The largest absolute Gasteiger partial charge is 0.320 e. The molecule has 0 aliphatic carbocycles. The Labute approximate surface area is 94.0 Å². The number of Topliss-reactive ketones (excluding diaryl/α,β-unsaturated/α-hetero) is 1. The minimum Gasteiger partial charge on any atom is -0.320 e. The van der Waals surface area contributed by atoms with Crippen LogP contribution < -0.4 is 10.6 Å². The molecule has 0 bridgehead atoms. The lowest BCUT2D eigenvalue weighted by Crippen LogP contribution is -2.39. The average Bonchev–Trinajstić information content (AvgIpc) is 2.21. The molecule has 0 rings (SSSR count). The van der Waals surface area contributed by atoms with Crippen LogP contribution in [-0.4, -0.2) is 32.0 Å². The highest BCUT2D eigenvalue weighted by molar-refractivity contribution is 5.85. The van der Waals surface area contributed by atoms with Gasteiger partial charge < -0.3 is 10.6 Å². The fourth-order valence-corrected chi connectivity index (χ4v) is 1.64. The van der Waals surface area contributed by atoms with Crippen LogP contribution in [0.3, 0.4) is 0 Å². The lowest BCUT2D eigenvalue weighted by molar-refractivity contribution is -0.124.